The smallest absolute Gasteiger partial charge is 0.0424 e. The molecule has 1 heteroatoms. The Morgan fingerprint density at radius 3 is 2.18 bits per heavy atom. The Balaban J connectivity index is 2.19. The standard InChI is InChI=1S/C21H15N/c1-12-10-14-6-8-17-16-5-3-2-4-13(16)11-15-7-9-18(21(12)22)20(14)19(15)17/h2-11H,22H2,1H3. The number of hydrogen-bond donors (Lipinski definition) is 1. The highest BCUT2D eigenvalue weighted by molar-refractivity contribution is 6.30. The van der Waals surface area contributed by atoms with E-state index in [-0.39, 0.29) is 0 Å². The summed E-state index contributed by atoms with van der Waals surface area (Å²) in [5.41, 5.74) is 8.39. The lowest BCUT2D eigenvalue weighted by molar-refractivity contribution is 1.52. The first-order chi connectivity index (χ1) is 10.7. The fraction of sp³-hybridized carbons (Fsp3) is 0.0476. The van der Waals surface area contributed by atoms with Gasteiger partial charge in [0.1, 0.15) is 0 Å². The summed E-state index contributed by atoms with van der Waals surface area (Å²) >= 11 is 0. The third-order valence-corrected chi connectivity index (χ3v) is 4.87. The van der Waals surface area contributed by atoms with Crippen LogP contribution in [0.2, 0.25) is 0 Å². The molecule has 0 fully saturated rings. The lowest BCUT2D eigenvalue weighted by Crippen LogP contribution is -1.94. The van der Waals surface area contributed by atoms with Crippen molar-refractivity contribution in [3.63, 3.8) is 0 Å². The maximum Gasteiger partial charge on any atom is 0.0424 e. The molecule has 5 aromatic carbocycles. The van der Waals surface area contributed by atoms with Crippen LogP contribution in [0.25, 0.3) is 43.1 Å². The van der Waals surface area contributed by atoms with Crippen LogP contribution in [0.3, 0.4) is 0 Å². The monoisotopic (exact) mass is 281 g/mol. The lowest BCUT2D eigenvalue weighted by atomic mass is 9.89. The van der Waals surface area contributed by atoms with Crippen LogP contribution >= 0.6 is 0 Å². The van der Waals surface area contributed by atoms with Gasteiger partial charge < -0.3 is 5.73 Å². The van der Waals surface area contributed by atoms with Crippen LogP contribution < -0.4 is 5.73 Å². The molecule has 0 radical (unpaired) electrons. The molecule has 22 heavy (non-hydrogen) atoms. The first-order valence-electron chi connectivity index (χ1n) is 7.59. The van der Waals surface area contributed by atoms with Crippen LogP contribution in [-0.4, -0.2) is 0 Å². The maximum atomic E-state index is 6.34. The van der Waals surface area contributed by atoms with Crippen molar-refractivity contribution in [1.82, 2.24) is 0 Å². The van der Waals surface area contributed by atoms with Crippen LogP contribution in [0.4, 0.5) is 5.69 Å². The van der Waals surface area contributed by atoms with Gasteiger partial charge in [-0.15, -0.1) is 0 Å². The van der Waals surface area contributed by atoms with Crippen molar-refractivity contribution in [2.75, 3.05) is 5.73 Å². The van der Waals surface area contributed by atoms with E-state index in [0.29, 0.717) is 0 Å². The second kappa shape index (κ2) is 3.89. The third-order valence-electron chi connectivity index (χ3n) is 4.87. The zero-order valence-corrected chi connectivity index (χ0v) is 12.4. The van der Waals surface area contributed by atoms with E-state index in [0.717, 1.165) is 11.3 Å². The van der Waals surface area contributed by atoms with E-state index in [1.54, 1.807) is 0 Å². The van der Waals surface area contributed by atoms with Gasteiger partial charge in [0, 0.05) is 11.1 Å². The highest BCUT2D eigenvalue weighted by Gasteiger charge is 2.13. The predicted octanol–water partition coefficient (Wildman–Crippen LogP) is 5.63. The predicted molar refractivity (Wildman–Crippen MR) is 96.8 cm³/mol. The summed E-state index contributed by atoms with van der Waals surface area (Å²) in [4.78, 5) is 0. The molecule has 5 rings (SSSR count). The Kier molecular flexibility index (Phi) is 2.09. The number of nitrogens with two attached hydrogens (primary N) is 1. The number of nitrogen functional groups attached to an aromatic ring is 1. The Hall–Kier alpha value is -2.80. The van der Waals surface area contributed by atoms with E-state index in [1.165, 1.54) is 43.1 Å². The fourth-order valence-corrected chi connectivity index (χ4v) is 3.80. The molecular formula is C21H15N. The van der Waals surface area contributed by atoms with Crippen molar-refractivity contribution >= 4 is 48.8 Å². The van der Waals surface area contributed by atoms with E-state index in [4.69, 9.17) is 5.73 Å². The minimum Gasteiger partial charge on any atom is -0.398 e. The number of fused-ring (bicyclic) bond motifs is 2. The van der Waals surface area contributed by atoms with E-state index in [1.807, 2.05) is 0 Å². The molecule has 0 amide bonds. The van der Waals surface area contributed by atoms with Gasteiger partial charge in [0.15, 0.2) is 0 Å². The molecule has 0 unspecified atom stereocenters. The van der Waals surface area contributed by atoms with E-state index < -0.39 is 0 Å². The average molecular weight is 281 g/mol. The van der Waals surface area contributed by atoms with Gasteiger partial charge in [-0.05, 0) is 62.3 Å². The molecule has 5 aromatic rings. The van der Waals surface area contributed by atoms with E-state index in [9.17, 15) is 0 Å². The van der Waals surface area contributed by atoms with Gasteiger partial charge in [-0.1, -0.05) is 48.5 Å². The van der Waals surface area contributed by atoms with Crippen LogP contribution in [0.15, 0.2) is 60.7 Å². The average Bonchev–Trinajstić information content (AvgIpc) is 2.55. The molecule has 0 aliphatic heterocycles. The summed E-state index contributed by atoms with van der Waals surface area (Å²) in [6.07, 6.45) is 0. The minimum atomic E-state index is 0.898. The summed E-state index contributed by atoms with van der Waals surface area (Å²) in [6.45, 7) is 2.08. The lowest BCUT2D eigenvalue weighted by Gasteiger charge is -2.15. The largest absolute Gasteiger partial charge is 0.398 e. The van der Waals surface area contributed by atoms with Crippen molar-refractivity contribution in [3.05, 3.63) is 66.2 Å². The third kappa shape index (κ3) is 1.33. The number of anilines is 1. The highest BCUT2D eigenvalue weighted by atomic mass is 14.6. The zero-order valence-electron chi connectivity index (χ0n) is 12.4. The molecule has 0 spiro atoms. The van der Waals surface area contributed by atoms with E-state index in [2.05, 4.69) is 67.6 Å². The zero-order chi connectivity index (χ0) is 14.8. The summed E-state index contributed by atoms with van der Waals surface area (Å²) < 4.78 is 0. The maximum absolute atomic E-state index is 6.34. The van der Waals surface area contributed by atoms with Gasteiger partial charge in [0.2, 0.25) is 0 Å². The Morgan fingerprint density at radius 1 is 0.636 bits per heavy atom. The number of benzene rings is 5. The molecule has 1 nitrogen and oxygen atoms in total. The van der Waals surface area contributed by atoms with Crippen molar-refractivity contribution in [1.29, 1.82) is 0 Å². The van der Waals surface area contributed by atoms with Gasteiger partial charge in [-0.2, -0.15) is 0 Å². The molecule has 0 atom stereocenters. The normalized spacial score (nSPS) is 12.0. The molecule has 0 aromatic heterocycles. The van der Waals surface area contributed by atoms with Gasteiger partial charge in [0.05, 0.1) is 0 Å². The Labute approximate surface area is 128 Å². The fourth-order valence-electron chi connectivity index (χ4n) is 3.80. The molecule has 0 bridgehead atoms. The molecule has 0 saturated carbocycles. The summed E-state index contributed by atoms with van der Waals surface area (Å²) in [7, 11) is 0. The second-order valence-corrected chi connectivity index (χ2v) is 6.13. The van der Waals surface area contributed by atoms with Crippen LogP contribution in [0.1, 0.15) is 5.56 Å². The minimum absolute atomic E-state index is 0.898. The van der Waals surface area contributed by atoms with Crippen molar-refractivity contribution in [2.24, 2.45) is 0 Å². The topological polar surface area (TPSA) is 26.0 Å². The van der Waals surface area contributed by atoms with E-state index >= 15 is 0 Å². The van der Waals surface area contributed by atoms with Gasteiger partial charge in [-0.25, -0.2) is 0 Å². The SMILES string of the molecule is Cc1cc2ccc3c4ccccc4cc4ccc(c1N)c2c43. The highest BCUT2D eigenvalue weighted by Crippen LogP contribution is 2.40. The molecule has 0 aliphatic carbocycles. The number of aryl methyl sites for hydroxylation is 1. The molecular weight excluding hydrogens is 266 g/mol. The van der Waals surface area contributed by atoms with Crippen LogP contribution in [0, 0.1) is 6.92 Å². The van der Waals surface area contributed by atoms with Crippen molar-refractivity contribution < 1.29 is 0 Å². The summed E-state index contributed by atoms with van der Waals surface area (Å²) in [5.74, 6) is 0. The summed E-state index contributed by atoms with van der Waals surface area (Å²) in [6, 6.07) is 21.9. The summed E-state index contributed by atoms with van der Waals surface area (Å²) in [5, 5.41) is 10.3. The van der Waals surface area contributed by atoms with Crippen LogP contribution in [-0.2, 0) is 0 Å². The first-order valence-corrected chi connectivity index (χ1v) is 7.59. The number of hydrogen-bond acceptors (Lipinski definition) is 1. The van der Waals surface area contributed by atoms with Crippen molar-refractivity contribution in [3.8, 4) is 0 Å². The van der Waals surface area contributed by atoms with Gasteiger partial charge in [-0.3, -0.25) is 0 Å². The Bertz CT molecular complexity index is 1180. The Morgan fingerprint density at radius 2 is 1.32 bits per heavy atom. The van der Waals surface area contributed by atoms with Crippen molar-refractivity contribution in [2.45, 2.75) is 6.92 Å². The molecule has 2 N–H and O–H groups in total. The number of rotatable bonds is 0. The first kappa shape index (κ1) is 11.8. The van der Waals surface area contributed by atoms with Gasteiger partial charge >= 0.3 is 0 Å². The molecule has 0 saturated heterocycles. The van der Waals surface area contributed by atoms with Crippen LogP contribution in [0.5, 0.6) is 0 Å². The second-order valence-electron chi connectivity index (χ2n) is 6.13. The molecule has 104 valence electrons. The molecule has 0 heterocycles. The van der Waals surface area contributed by atoms with Gasteiger partial charge in [0.25, 0.3) is 0 Å². The molecule has 0 aliphatic rings. The quantitative estimate of drug-likeness (QED) is 0.222.